The molecule has 0 bridgehead atoms. The largest absolute Gasteiger partial charge is 0.379 e. The van der Waals surface area contributed by atoms with Gasteiger partial charge in [0.25, 0.3) is 0 Å². The normalized spacial score (nSPS) is 17.5. The van der Waals surface area contributed by atoms with Crippen molar-refractivity contribution < 1.29 is 28.7 Å². The lowest BCUT2D eigenvalue weighted by atomic mass is 9.87. The van der Waals surface area contributed by atoms with Crippen LogP contribution in [-0.2, 0) is 41.6 Å². The van der Waals surface area contributed by atoms with Gasteiger partial charge in [-0.25, -0.2) is 0 Å². The number of aryl methyl sites for hydroxylation is 1. The minimum atomic E-state index is -0.804. The zero-order chi connectivity index (χ0) is 40.5. The van der Waals surface area contributed by atoms with Crippen molar-refractivity contribution in [2.75, 3.05) is 32.8 Å². The second-order valence-electron chi connectivity index (χ2n) is 17.6. The SMILES string of the molecule is CC(C)CC(NC(=O)C(CC(=O)[C@H](CC(C)C)NC(=O)[C@H](CCc1ccccc1)CC(=O)CCCCCN1CCOCC1)Cc1ccccc1)C(=O)C1(C)CC1. The van der Waals surface area contributed by atoms with Crippen molar-refractivity contribution in [2.45, 2.75) is 130 Å². The van der Waals surface area contributed by atoms with Crippen LogP contribution < -0.4 is 10.6 Å². The van der Waals surface area contributed by atoms with Gasteiger partial charge in [0.1, 0.15) is 5.78 Å². The lowest BCUT2D eigenvalue weighted by Gasteiger charge is -2.27. The molecule has 2 N–H and O–H groups in total. The van der Waals surface area contributed by atoms with Crippen LogP contribution in [0.25, 0.3) is 0 Å². The van der Waals surface area contributed by atoms with Gasteiger partial charge in [0.2, 0.25) is 11.8 Å². The van der Waals surface area contributed by atoms with Gasteiger partial charge in [0.05, 0.1) is 25.3 Å². The summed E-state index contributed by atoms with van der Waals surface area (Å²) in [6.07, 6.45) is 7.34. The van der Waals surface area contributed by atoms with E-state index in [9.17, 15) is 24.0 Å². The van der Waals surface area contributed by atoms with Crippen LogP contribution in [0.15, 0.2) is 60.7 Å². The first kappa shape index (κ1) is 45.0. The second-order valence-corrected chi connectivity index (χ2v) is 17.6. The van der Waals surface area contributed by atoms with Crippen molar-refractivity contribution in [1.82, 2.24) is 15.5 Å². The van der Waals surface area contributed by atoms with Crippen LogP contribution in [0.1, 0.15) is 116 Å². The quantitative estimate of drug-likeness (QED) is 0.0961. The predicted molar refractivity (Wildman–Crippen MR) is 222 cm³/mol. The van der Waals surface area contributed by atoms with E-state index in [1.165, 1.54) is 0 Å². The fourth-order valence-corrected chi connectivity index (χ4v) is 7.77. The van der Waals surface area contributed by atoms with Gasteiger partial charge in [0.15, 0.2) is 11.6 Å². The number of hydrogen-bond donors (Lipinski definition) is 2. The van der Waals surface area contributed by atoms with Gasteiger partial charge in [-0.3, -0.25) is 28.9 Å². The Balaban J connectivity index is 1.45. The predicted octanol–water partition coefficient (Wildman–Crippen LogP) is 7.34. The number of rotatable bonds is 26. The first-order valence-electron chi connectivity index (χ1n) is 21.4. The first-order chi connectivity index (χ1) is 26.8. The number of amides is 2. The molecule has 56 heavy (non-hydrogen) atoms. The van der Waals surface area contributed by atoms with Crippen LogP contribution in [0.2, 0.25) is 0 Å². The number of nitrogens with zero attached hydrogens (tertiary/aromatic N) is 1. The van der Waals surface area contributed by atoms with E-state index in [4.69, 9.17) is 4.74 Å². The molecule has 2 aliphatic rings. The smallest absolute Gasteiger partial charge is 0.224 e. The average Bonchev–Trinajstić information content (AvgIpc) is 3.94. The molecule has 0 aromatic heterocycles. The Bertz CT molecular complexity index is 1530. The molecule has 9 heteroatoms. The molecule has 4 rings (SSSR count). The zero-order valence-electron chi connectivity index (χ0n) is 34.9. The minimum absolute atomic E-state index is 0.0679. The maximum absolute atomic E-state index is 14.3. The van der Waals surface area contributed by atoms with Crippen LogP contribution in [0.3, 0.4) is 0 Å². The molecular formula is C47H69N3O6. The van der Waals surface area contributed by atoms with Crippen molar-refractivity contribution in [2.24, 2.45) is 29.1 Å². The molecule has 2 amide bonds. The summed E-state index contributed by atoms with van der Waals surface area (Å²) in [7, 11) is 0. The highest BCUT2D eigenvalue weighted by Gasteiger charge is 2.48. The number of benzene rings is 2. The molecule has 0 radical (unpaired) electrons. The third-order valence-corrected chi connectivity index (χ3v) is 11.5. The maximum Gasteiger partial charge on any atom is 0.224 e. The Morgan fingerprint density at radius 2 is 1.29 bits per heavy atom. The highest BCUT2D eigenvalue weighted by Crippen LogP contribution is 2.47. The van der Waals surface area contributed by atoms with Crippen molar-refractivity contribution >= 4 is 29.2 Å². The van der Waals surface area contributed by atoms with Crippen LogP contribution in [0.5, 0.6) is 0 Å². The summed E-state index contributed by atoms with van der Waals surface area (Å²) >= 11 is 0. The Morgan fingerprint density at radius 1 is 0.714 bits per heavy atom. The number of nitrogens with one attached hydrogen (secondary N) is 2. The Morgan fingerprint density at radius 3 is 1.89 bits per heavy atom. The van der Waals surface area contributed by atoms with Gasteiger partial charge in [-0.15, -0.1) is 0 Å². The van der Waals surface area contributed by atoms with Gasteiger partial charge in [-0.05, 0) is 87.3 Å². The fourth-order valence-electron chi connectivity index (χ4n) is 7.77. The minimum Gasteiger partial charge on any atom is -0.379 e. The van der Waals surface area contributed by atoms with E-state index in [2.05, 4.69) is 15.5 Å². The summed E-state index contributed by atoms with van der Waals surface area (Å²) in [6.45, 7) is 14.5. The van der Waals surface area contributed by atoms with Gasteiger partial charge >= 0.3 is 0 Å². The van der Waals surface area contributed by atoms with Crippen LogP contribution in [0.4, 0.5) is 0 Å². The lowest BCUT2D eigenvalue weighted by molar-refractivity contribution is -0.135. The van der Waals surface area contributed by atoms with Crippen molar-refractivity contribution in [3.63, 3.8) is 0 Å². The molecule has 1 saturated heterocycles. The summed E-state index contributed by atoms with van der Waals surface area (Å²) in [5.74, 6) is -1.66. The number of unbranched alkanes of at least 4 members (excludes halogenated alkanes) is 2. The van der Waals surface area contributed by atoms with Crippen molar-refractivity contribution in [3.8, 4) is 0 Å². The number of carbonyl (C=O) groups is 5. The number of hydrogen-bond acceptors (Lipinski definition) is 7. The molecule has 2 unspecified atom stereocenters. The second kappa shape index (κ2) is 22.9. The fraction of sp³-hybridized carbons (Fsp3) is 0.638. The molecule has 2 aromatic carbocycles. The molecule has 1 heterocycles. The Labute approximate surface area is 336 Å². The van der Waals surface area contributed by atoms with Crippen LogP contribution in [0, 0.1) is 29.1 Å². The number of Topliss-reactive ketones (excluding diaryl/α,β-unsaturated/α-hetero) is 3. The third kappa shape index (κ3) is 15.7. The third-order valence-electron chi connectivity index (χ3n) is 11.5. The van der Waals surface area contributed by atoms with Gasteiger partial charge in [-0.1, -0.05) is 102 Å². The summed E-state index contributed by atoms with van der Waals surface area (Å²) in [5.41, 5.74) is 1.62. The number of morpholine rings is 1. The lowest BCUT2D eigenvalue weighted by Crippen LogP contribution is -2.49. The van der Waals surface area contributed by atoms with Crippen LogP contribution >= 0.6 is 0 Å². The Hall–Kier alpha value is -3.69. The number of ether oxygens (including phenoxy) is 1. The molecule has 1 saturated carbocycles. The van der Waals surface area contributed by atoms with E-state index < -0.39 is 29.3 Å². The van der Waals surface area contributed by atoms with E-state index in [-0.39, 0.29) is 53.8 Å². The average molecular weight is 772 g/mol. The van der Waals surface area contributed by atoms with E-state index >= 15 is 0 Å². The van der Waals surface area contributed by atoms with E-state index in [1.54, 1.807) is 0 Å². The van der Waals surface area contributed by atoms with Gasteiger partial charge < -0.3 is 15.4 Å². The number of ketones is 3. The highest BCUT2D eigenvalue weighted by molar-refractivity contribution is 5.97. The standard InChI is InChI=1S/C47H69N3O6/c1-34(2)29-41(43(52)33-39(31-37-17-11-7-12-18-37)46(55)49-42(30-35(3)4)44(53)47(5)22-23-47)48-45(54)38(21-20-36-15-9-6-10-16-36)32-40(51)19-13-8-14-24-50-25-27-56-28-26-50/h6-7,9-12,15-18,34-35,38-39,41-42H,8,13-14,19-33H2,1-5H3,(H,48,54)(H,49,55)/t38-,39?,41+,42?/m1/s1. The molecule has 9 nitrogen and oxygen atoms in total. The van der Waals surface area contributed by atoms with E-state index in [0.29, 0.717) is 38.5 Å². The van der Waals surface area contributed by atoms with Crippen LogP contribution in [-0.4, -0.2) is 79.0 Å². The molecule has 308 valence electrons. The highest BCUT2D eigenvalue weighted by atomic mass is 16.5. The molecule has 4 atom stereocenters. The summed E-state index contributed by atoms with van der Waals surface area (Å²) in [5, 5.41) is 6.16. The monoisotopic (exact) mass is 772 g/mol. The first-order valence-corrected chi connectivity index (χ1v) is 21.4. The molecule has 2 fully saturated rings. The summed E-state index contributed by atoms with van der Waals surface area (Å²) in [6, 6.07) is 18.2. The number of carbonyl (C=O) groups excluding carboxylic acids is 5. The molecule has 1 aliphatic heterocycles. The summed E-state index contributed by atoms with van der Waals surface area (Å²) in [4.78, 5) is 71.8. The van der Waals surface area contributed by atoms with E-state index in [1.807, 2.05) is 95.3 Å². The molecular weight excluding hydrogens is 703 g/mol. The van der Waals surface area contributed by atoms with Crippen molar-refractivity contribution in [3.05, 3.63) is 71.8 Å². The van der Waals surface area contributed by atoms with Crippen molar-refractivity contribution in [1.29, 1.82) is 0 Å². The topological polar surface area (TPSA) is 122 Å². The molecule has 1 aliphatic carbocycles. The van der Waals surface area contributed by atoms with Gasteiger partial charge in [0, 0.05) is 49.6 Å². The van der Waals surface area contributed by atoms with Gasteiger partial charge in [-0.2, -0.15) is 0 Å². The molecule has 2 aromatic rings. The Kier molecular flexibility index (Phi) is 18.4. The zero-order valence-corrected chi connectivity index (χ0v) is 34.9. The van der Waals surface area contributed by atoms with E-state index in [0.717, 1.165) is 76.1 Å². The molecule has 0 spiro atoms. The summed E-state index contributed by atoms with van der Waals surface area (Å²) < 4.78 is 5.44. The maximum atomic E-state index is 14.3.